The number of hydrogen-bond acceptors (Lipinski definition) is 7. The fraction of sp³-hybridized carbons (Fsp3) is 0.278. The summed E-state index contributed by atoms with van der Waals surface area (Å²) in [7, 11) is 0. The minimum absolute atomic E-state index is 0.0533. The molecule has 1 aliphatic rings. The molecule has 0 radical (unpaired) electrons. The van der Waals surface area contributed by atoms with E-state index >= 15 is 0 Å². The van der Waals surface area contributed by atoms with E-state index in [2.05, 4.69) is 15.3 Å². The van der Waals surface area contributed by atoms with Crippen LogP contribution in [0.25, 0.3) is 10.2 Å². The van der Waals surface area contributed by atoms with Crippen molar-refractivity contribution < 1.29 is 9.72 Å². The molecule has 0 spiro atoms. The van der Waals surface area contributed by atoms with Crippen LogP contribution in [-0.2, 0) is 17.6 Å². The molecule has 9 heteroatoms. The zero-order chi connectivity index (χ0) is 19.0. The second-order valence-electron chi connectivity index (χ2n) is 6.26. The van der Waals surface area contributed by atoms with Crippen molar-refractivity contribution in [1.29, 1.82) is 0 Å². The molecule has 2 heterocycles. The van der Waals surface area contributed by atoms with Crippen molar-refractivity contribution in [2.24, 2.45) is 0 Å². The summed E-state index contributed by atoms with van der Waals surface area (Å²) < 4.78 is 0. The lowest BCUT2D eigenvalue weighted by Crippen LogP contribution is -2.14. The van der Waals surface area contributed by atoms with Crippen LogP contribution in [0.3, 0.4) is 0 Å². The van der Waals surface area contributed by atoms with E-state index in [1.54, 1.807) is 23.5 Å². The molecule has 3 aromatic rings. The number of nitrogens with zero attached hydrogens (tertiary/aromatic N) is 3. The molecule has 0 bridgehead atoms. The Hall–Kier alpha value is -2.52. The minimum atomic E-state index is -0.484. The van der Waals surface area contributed by atoms with Gasteiger partial charge in [0.25, 0.3) is 5.69 Å². The Bertz CT molecular complexity index is 1060. The summed E-state index contributed by atoms with van der Waals surface area (Å²) in [5.74, 6) is 0.652. The largest absolute Gasteiger partial charge is 0.325 e. The van der Waals surface area contributed by atoms with Gasteiger partial charge in [-0.05, 0) is 37.8 Å². The standard InChI is InChI=1S/C18H16N4O3S2/c1-10-19-17(16-13-6-3-7-14(13)27-18(16)20-10)26-9-15(23)21-11-4-2-5-12(8-11)22(24)25/h2,4-5,8H,3,6-7,9H2,1H3,(H,21,23). The van der Waals surface area contributed by atoms with Crippen LogP contribution < -0.4 is 5.32 Å². The van der Waals surface area contributed by atoms with Crippen LogP contribution in [0.2, 0.25) is 0 Å². The summed E-state index contributed by atoms with van der Waals surface area (Å²) in [6, 6.07) is 5.92. The smallest absolute Gasteiger partial charge is 0.271 e. The first-order valence-corrected chi connectivity index (χ1v) is 10.3. The van der Waals surface area contributed by atoms with Gasteiger partial charge in [0.05, 0.1) is 10.7 Å². The molecule has 4 rings (SSSR count). The number of aromatic nitrogens is 2. The molecule has 7 nitrogen and oxygen atoms in total. The Morgan fingerprint density at radius 1 is 1.37 bits per heavy atom. The highest BCUT2D eigenvalue weighted by molar-refractivity contribution is 8.00. The number of thiophene rings is 1. The van der Waals surface area contributed by atoms with E-state index in [0.29, 0.717) is 11.5 Å². The summed E-state index contributed by atoms with van der Waals surface area (Å²) >= 11 is 3.11. The van der Waals surface area contributed by atoms with Crippen LogP contribution in [0.15, 0.2) is 29.3 Å². The number of carbonyl (C=O) groups is 1. The van der Waals surface area contributed by atoms with Crippen molar-refractivity contribution in [1.82, 2.24) is 9.97 Å². The molecule has 1 N–H and O–H groups in total. The van der Waals surface area contributed by atoms with Gasteiger partial charge in [0.2, 0.25) is 5.91 Å². The highest BCUT2D eigenvalue weighted by Crippen LogP contribution is 2.40. The Kier molecular flexibility index (Phi) is 4.79. The first-order valence-electron chi connectivity index (χ1n) is 8.47. The third-order valence-corrected chi connectivity index (χ3v) is 6.49. The van der Waals surface area contributed by atoms with Crippen molar-refractivity contribution in [2.75, 3.05) is 11.1 Å². The van der Waals surface area contributed by atoms with Crippen molar-refractivity contribution in [3.8, 4) is 0 Å². The van der Waals surface area contributed by atoms with E-state index in [9.17, 15) is 14.9 Å². The number of thioether (sulfide) groups is 1. The average molecular weight is 400 g/mol. The molecule has 1 aromatic carbocycles. The second kappa shape index (κ2) is 7.24. The lowest BCUT2D eigenvalue weighted by molar-refractivity contribution is -0.384. The van der Waals surface area contributed by atoms with Gasteiger partial charge < -0.3 is 5.32 Å². The average Bonchev–Trinajstić information content (AvgIpc) is 3.20. The number of fused-ring (bicyclic) bond motifs is 3. The Balaban J connectivity index is 1.51. The molecular weight excluding hydrogens is 384 g/mol. The third-order valence-electron chi connectivity index (χ3n) is 4.32. The molecule has 1 aliphatic carbocycles. The first-order chi connectivity index (χ1) is 13.0. The van der Waals surface area contributed by atoms with Crippen molar-refractivity contribution in [2.45, 2.75) is 31.2 Å². The van der Waals surface area contributed by atoms with E-state index < -0.39 is 4.92 Å². The second-order valence-corrected chi connectivity index (χ2v) is 8.31. The van der Waals surface area contributed by atoms with Crippen LogP contribution in [0.1, 0.15) is 22.7 Å². The molecule has 0 unspecified atom stereocenters. The zero-order valence-electron chi connectivity index (χ0n) is 14.5. The SMILES string of the molecule is Cc1nc(SCC(=O)Nc2cccc([N+](=O)[O-])c2)c2c3c(sc2n1)CCC3. The lowest BCUT2D eigenvalue weighted by Gasteiger charge is -2.07. The normalized spacial score (nSPS) is 12.9. The van der Waals surface area contributed by atoms with Gasteiger partial charge in [-0.3, -0.25) is 14.9 Å². The minimum Gasteiger partial charge on any atom is -0.325 e. The van der Waals surface area contributed by atoms with Gasteiger partial charge in [0.15, 0.2) is 0 Å². The number of amides is 1. The predicted molar refractivity (Wildman–Crippen MR) is 107 cm³/mol. The highest BCUT2D eigenvalue weighted by atomic mass is 32.2. The highest BCUT2D eigenvalue weighted by Gasteiger charge is 2.22. The number of hydrogen-bond donors (Lipinski definition) is 1. The zero-order valence-corrected chi connectivity index (χ0v) is 16.2. The number of aryl methyl sites for hydroxylation is 3. The molecule has 2 aromatic heterocycles. The molecule has 1 amide bonds. The maximum Gasteiger partial charge on any atom is 0.271 e. The van der Waals surface area contributed by atoms with Gasteiger partial charge in [0, 0.05) is 28.1 Å². The fourth-order valence-corrected chi connectivity index (χ4v) is 5.47. The molecule has 138 valence electrons. The number of rotatable bonds is 5. The maximum absolute atomic E-state index is 12.3. The van der Waals surface area contributed by atoms with Crippen LogP contribution in [0.4, 0.5) is 11.4 Å². The van der Waals surface area contributed by atoms with Crippen LogP contribution in [0, 0.1) is 17.0 Å². The van der Waals surface area contributed by atoms with E-state index in [-0.39, 0.29) is 17.3 Å². The van der Waals surface area contributed by atoms with Crippen molar-refractivity contribution >= 4 is 50.6 Å². The van der Waals surface area contributed by atoms with Gasteiger partial charge >= 0.3 is 0 Å². The number of nitro benzene ring substituents is 1. The third kappa shape index (κ3) is 3.65. The van der Waals surface area contributed by atoms with E-state index in [0.717, 1.165) is 34.5 Å². The number of anilines is 1. The fourth-order valence-electron chi connectivity index (χ4n) is 3.20. The van der Waals surface area contributed by atoms with E-state index in [1.807, 2.05) is 6.92 Å². The Morgan fingerprint density at radius 2 is 2.22 bits per heavy atom. The quantitative estimate of drug-likeness (QED) is 0.299. The van der Waals surface area contributed by atoms with Gasteiger partial charge in [-0.25, -0.2) is 9.97 Å². The number of nitro groups is 1. The molecule has 0 saturated heterocycles. The number of nitrogens with one attached hydrogen (secondary N) is 1. The topological polar surface area (TPSA) is 98.0 Å². The van der Waals surface area contributed by atoms with Gasteiger partial charge in [-0.2, -0.15) is 0 Å². The maximum atomic E-state index is 12.3. The number of carbonyl (C=O) groups excluding carboxylic acids is 1. The van der Waals surface area contributed by atoms with E-state index in [4.69, 9.17) is 0 Å². The number of benzene rings is 1. The first kappa shape index (κ1) is 17.9. The van der Waals surface area contributed by atoms with Crippen LogP contribution in [-0.4, -0.2) is 26.6 Å². The Morgan fingerprint density at radius 3 is 3.04 bits per heavy atom. The summed E-state index contributed by atoms with van der Waals surface area (Å²) in [4.78, 5) is 34.2. The Labute approximate surface area is 163 Å². The van der Waals surface area contributed by atoms with Crippen molar-refractivity contribution in [3.05, 3.63) is 50.6 Å². The number of non-ortho nitro benzene ring substituents is 1. The molecule has 0 atom stereocenters. The van der Waals surface area contributed by atoms with Crippen molar-refractivity contribution in [3.63, 3.8) is 0 Å². The van der Waals surface area contributed by atoms with Crippen LogP contribution >= 0.6 is 23.1 Å². The molecular formula is C18H16N4O3S2. The van der Waals surface area contributed by atoms with Gasteiger partial charge in [-0.1, -0.05) is 17.8 Å². The molecule has 27 heavy (non-hydrogen) atoms. The summed E-state index contributed by atoms with van der Waals surface area (Å²) in [5.41, 5.74) is 1.69. The summed E-state index contributed by atoms with van der Waals surface area (Å²) in [6.07, 6.45) is 3.28. The summed E-state index contributed by atoms with van der Waals surface area (Å²) in [6.45, 7) is 1.86. The van der Waals surface area contributed by atoms with Gasteiger partial charge in [0.1, 0.15) is 15.7 Å². The van der Waals surface area contributed by atoms with Crippen LogP contribution in [0.5, 0.6) is 0 Å². The molecule has 0 saturated carbocycles. The molecule has 0 fully saturated rings. The lowest BCUT2D eigenvalue weighted by atomic mass is 10.2. The predicted octanol–water partition coefficient (Wildman–Crippen LogP) is 4.13. The summed E-state index contributed by atoms with van der Waals surface area (Å²) in [5, 5.41) is 15.5. The van der Waals surface area contributed by atoms with E-state index in [1.165, 1.54) is 34.3 Å². The molecule has 0 aliphatic heterocycles. The monoisotopic (exact) mass is 400 g/mol. The van der Waals surface area contributed by atoms with Gasteiger partial charge in [-0.15, -0.1) is 11.3 Å².